The lowest BCUT2D eigenvalue weighted by atomic mass is 10.00. The summed E-state index contributed by atoms with van der Waals surface area (Å²) in [6.45, 7) is 2.90. The Morgan fingerprint density at radius 1 is 1.40 bits per heavy atom. The molecule has 5 heteroatoms. The third-order valence-electron chi connectivity index (χ3n) is 3.69. The zero-order chi connectivity index (χ0) is 13.9. The first kappa shape index (κ1) is 14.0. The van der Waals surface area contributed by atoms with Gasteiger partial charge in [0.15, 0.2) is 0 Å². The summed E-state index contributed by atoms with van der Waals surface area (Å²) >= 11 is 3.50. The van der Waals surface area contributed by atoms with Gasteiger partial charge in [0.2, 0.25) is 0 Å². The lowest BCUT2D eigenvalue weighted by Gasteiger charge is -2.23. The third-order valence-corrected chi connectivity index (χ3v) is 4.14. The summed E-state index contributed by atoms with van der Waals surface area (Å²) in [6, 6.07) is 4.22. The van der Waals surface area contributed by atoms with Crippen molar-refractivity contribution in [2.24, 2.45) is 0 Å². The van der Waals surface area contributed by atoms with E-state index in [0.717, 1.165) is 35.4 Å². The molecule has 2 aliphatic heterocycles. The fourth-order valence-electron chi connectivity index (χ4n) is 2.79. The number of fused-ring (bicyclic) bond motifs is 1. The van der Waals surface area contributed by atoms with E-state index in [-0.39, 0.29) is 11.8 Å². The summed E-state index contributed by atoms with van der Waals surface area (Å²) in [5.74, 6) is 1.14. The van der Waals surface area contributed by atoms with Gasteiger partial charge in [-0.25, -0.2) is 0 Å². The number of Topliss-reactive ketones (excluding diaryl/α,β-unsaturated/α-hetero) is 1. The monoisotopic (exact) mass is 339 g/mol. The molecule has 0 saturated carbocycles. The van der Waals surface area contributed by atoms with Gasteiger partial charge in [0, 0.05) is 41.9 Å². The van der Waals surface area contributed by atoms with Crippen molar-refractivity contribution in [2.75, 3.05) is 26.4 Å². The van der Waals surface area contributed by atoms with Gasteiger partial charge in [-0.2, -0.15) is 0 Å². The molecule has 2 heterocycles. The van der Waals surface area contributed by atoms with Crippen molar-refractivity contribution in [3.8, 4) is 5.75 Å². The van der Waals surface area contributed by atoms with E-state index in [9.17, 15) is 4.79 Å². The van der Waals surface area contributed by atoms with Crippen LogP contribution in [-0.2, 0) is 22.4 Å². The molecule has 0 spiro atoms. The fourth-order valence-corrected chi connectivity index (χ4v) is 3.34. The first-order valence-corrected chi connectivity index (χ1v) is 7.78. The number of carbonyl (C=O) groups excluding carboxylic acids is 1. The largest absolute Gasteiger partial charge is 0.493 e. The van der Waals surface area contributed by atoms with Crippen LogP contribution < -0.4 is 10.1 Å². The van der Waals surface area contributed by atoms with Crippen molar-refractivity contribution in [1.82, 2.24) is 5.32 Å². The fraction of sp³-hybridized carbons (Fsp3) is 0.533. The zero-order valence-corrected chi connectivity index (χ0v) is 12.9. The van der Waals surface area contributed by atoms with Gasteiger partial charge in [-0.3, -0.25) is 4.79 Å². The molecular weight excluding hydrogens is 322 g/mol. The Kier molecular flexibility index (Phi) is 4.38. The second kappa shape index (κ2) is 6.24. The molecule has 1 aromatic carbocycles. The topological polar surface area (TPSA) is 47.6 Å². The number of ketones is 1. The van der Waals surface area contributed by atoms with Crippen LogP contribution >= 0.6 is 15.9 Å². The maximum atomic E-state index is 12.2. The molecule has 1 aromatic rings. The van der Waals surface area contributed by atoms with Crippen LogP contribution in [0.2, 0.25) is 0 Å². The average Bonchev–Trinajstić information content (AvgIpc) is 2.88. The first-order chi connectivity index (χ1) is 9.72. The van der Waals surface area contributed by atoms with E-state index in [4.69, 9.17) is 9.47 Å². The summed E-state index contributed by atoms with van der Waals surface area (Å²) in [5, 5.41) is 3.31. The van der Waals surface area contributed by atoms with Gasteiger partial charge in [0.1, 0.15) is 11.5 Å². The molecule has 0 amide bonds. The van der Waals surface area contributed by atoms with Crippen LogP contribution in [-0.4, -0.2) is 38.2 Å². The molecule has 108 valence electrons. The minimum absolute atomic E-state index is 0.150. The van der Waals surface area contributed by atoms with E-state index < -0.39 is 0 Å². The summed E-state index contributed by atoms with van der Waals surface area (Å²) < 4.78 is 12.1. The lowest BCUT2D eigenvalue weighted by molar-refractivity contribution is -0.119. The molecule has 1 N–H and O–H groups in total. The number of ether oxygens (including phenoxy) is 2. The summed E-state index contributed by atoms with van der Waals surface area (Å²) in [4.78, 5) is 12.2. The smallest absolute Gasteiger partial charge is 0.139 e. The van der Waals surface area contributed by atoms with E-state index >= 15 is 0 Å². The number of hydrogen-bond acceptors (Lipinski definition) is 4. The van der Waals surface area contributed by atoms with Crippen LogP contribution in [0.3, 0.4) is 0 Å². The number of carbonyl (C=O) groups is 1. The van der Waals surface area contributed by atoms with Gasteiger partial charge in [0.25, 0.3) is 0 Å². The molecule has 0 aromatic heterocycles. The highest BCUT2D eigenvalue weighted by molar-refractivity contribution is 9.10. The van der Waals surface area contributed by atoms with E-state index in [0.29, 0.717) is 26.1 Å². The number of benzene rings is 1. The maximum Gasteiger partial charge on any atom is 0.139 e. The highest BCUT2D eigenvalue weighted by Crippen LogP contribution is 2.33. The predicted molar refractivity (Wildman–Crippen MR) is 79.3 cm³/mol. The Labute approximate surface area is 127 Å². The second-order valence-corrected chi connectivity index (χ2v) is 6.21. The van der Waals surface area contributed by atoms with Crippen molar-refractivity contribution in [3.63, 3.8) is 0 Å². The molecular formula is C15H18BrNO3. The molecule has 2 aliphatic rings. The van der Waals surface area contributed by atoms with Gasteiger partial charge < -0.3 is 14.8 Å². The Bertz CT molecular complexity index is 512. The van der Waals surface area contributed by atoms with E-state index in [2.05, 4.69) is 27.3 Å². The average molecular weight is 340 g/mol. The summed E-state index contributed by atoms with van der Waals surface area (Å²) in [6.07, 6.45) is 1.87. The molecule has 1 fully saturated rings. The number of hydrogen-bond donors (Lipinski definition) is 1. The van der Waals surface area contributed by atoms with Crippen LogP contribution in [0.1, 0.15) is 17.5 Å². The number of rotatable bonds is 4. The molecule has 1 atom stereocenters. The van der Waals surface area contributed by atoms with Crippen molar-refractivity contribution < 1.29 is 14.3 Å². The first-order valence-electron chi connectivity index (χ1n) is 6.99. The number of nitrogens with one attached hydrogen (secondary N) is 1. The SMILES string of the molecule is O=C(Cc1cc(Br)cc2c1OCC2)CC1COCCN1. The summed E-state index contributed by atoms with van der Waals surface area (Å²) in [5.41, 5.74) is 2.19. The molecule has 4 nitrogen and oxygen atoms in total. The normalized spacial score (nSPS) is 21.4. The minimum Gasteiger partial charge on any atom is -0.493 e. The zero-order valence-electron chi connectivity index (χ0n) is 11.3. The van der Waals surface area contributed by atoms with Crippen LogP contribution in [0.15, 0.2) is 16.6 Å². The van der Waals surface area contributed by atoms with Gasteiger partial charge >= 0.3 is 0 Å². The molecule has 0 aliphatic carbocycles. The molecule has 3 rings (SSSR count). The van der Waals surface area contributed by atoms with Gasteiger partial charge in [-0.15, -0.1) is 0 Å². The van der Waals surface area contributed by atoms with Gasteiger partial charge in [-0.05, 0) is 17.7 Å². The van der Waals surface area contributed by atoms with Crippen molar-refractivity contribution >= 4 is 21.7 Å². The van der Waals surface area contributed by atoms with Gasteiger partial charge in [-0.1, -0.05) is 15.9 Å². The maximum absolute atomic E-state index is 12.2. The van der Waals surface area contributed by atoms with Crippen LogP contribution in [0.25, 0.3) is 0 Å². The van der Waals surface area contributed by atoms with E-state index in [1.54, 1.807) is 0 Å². The Morgan fingerprint density at radius 2 is 2.30 bits per heavy atom. The Balaban J connectivity index is 1.66. The third kappa shape index (κ3) is 3.22. The van der Waals surface area contributed by atoms with Gasteiger partial charge in [0.05, 0.1) is 19.8 Å². The van der Waals surface area contributed by atoms with Crippen molar-refractivity contribution in [3.05, 3.63) is 27.7 Å². The Hall–Kier alpha value is -0.910. The standard InChI is InChI=1S/C15H18BrNO3/c16-12-5-10-1-3-20-15(10)11(6-12)7-14(18)8-13-9-19-4-2-17-13/h5-6,13,17H,1-4,7-9H2. The van der Waals surface area contributed by atoms with E-state index in [1.807, 2.05) is 6.07 Å². The van der Waals surface area contributed by atoms with E-state index in [1.165, 1.54) is 5.56 Å². The lowest BCUT2D eigenvalue weighted by Crippen LogP contribution is -2.42. The van der Waals surface area contributed by atoms with Crippen molar-refractivity contribution in [2.45, 2.75) is 25.3 Å². The van der Waals surface area contributed by atoms with Crippen LogP contribution in [0.4, 0.5) is 0 Å². The minimum atomic E-state index is 0.150. The predicted octanol–water partition coefficient (Wildman–Crippen LogP) is 1.87. The highest BCUT2D eigenvalue weighted by atomic mass is 79.9. The second-order valence-electron chi connectivity index (χ2n) is 5.30. The highest BCUT2D eigenvalue weighted by Gasteiger charge is 2.21. The number of morpholine rings is 1. The Morgan fingerprint density at radius 3 is 3.10 bits per heavy atom. The van der Waals surface area contributed by atoms with Crippen LogP contribution in [0.5, 0.6) is 5.75 Å². The molecule has 20 heavy (non-hydrogen) atoms. The molecule has 0 bridgehead atoms. The molecule has 1 saturated heterocycles. The molecule has 1 unspecified atom stereocenters. The number of halogens is 1. The summed E-state index contributed by atoms with van der Waals surface area (Å²) in [7, 11) is 0. The van der Waals surface area contributed by atoms with Crippen LogP contribution in [0, 0.1) is 0 Å². The van der Waals surface area contributed by atoms with Crippen molar-refractivity contribution in [1.29, 1.82) is 0 Å². The quantitative estimate of drug-likeness (QED) is 0.909. The molecule has 0 radical (unpaired) electrons.